The topological polar surface area (TPSA) is 71.9 Å². The van der Waals surface area contributed by atoms with Gasteiger partial charge in [0, 0.05) is 6.20 Å². The van der Waals surface area contributed by atoms with E-state index in [-0.39, 0.29) is 6.04 Å². The average Bonchev–Trinajstić information content (AvgIpc) is 2.69. The van der Waals surface area contributed by atoms with Crippen molar-refractivity contribution in [2.24, 2.45) is 0 Å². The molecule has 0 amide bonds. The summed E-state index contributed by atoms with van der Waals surface area (Å²) in [6.45, 7) is 0.680. The van der Waals surface area contributed by atoms with Crippen LogP contribution in [0.3, 0.4) is 0 Å². The molecule has 1 aromatic heterocycles. The number of pyridine rings is 1. The number of nitrogens with zero attached hydrogens (tertiary/aromatic N) is 2. The molecule has 3 rings (SSSR count). The van der Waals surface area contributed by atoms with E-state index in [1.165, 1.54) is 0 Å². The van der Waals surface area contributed by atoms with Crippen molar-refractivity contribution in [3.05, 3.63) is 53.9 Å². The minimum atomic E-state index is -0.806. The third-order valence-electron chi connectivity index (χ3n) is 4.87. The highest BCUT2D eigenvalue weighted by Gasteiger charge is 2.38. The van der Waals surface area contributed by atoms with Crippen LogP contribution >= 0.6 is 0 Å². The molecule has 6 nitrogen and oxygen atoms in total. The fourth-order valence-corrected chi connectivity index (χ4v) is 3.70. The van der Waals surface area contributed by atoms with E-state index in [0.29, 0.717) is 24.5 Å². The van der Waals surface area contributed by atoms with Crippen LogP contribution < -0.4 is 9.47 Å². The first-order valence-electron chi connectivity index (χ1n) is 8.77. The Morgan fingerprint density at radius 2 is 1.88 bits per heavy atom. The fourth-order valence-electron chi connectivity index (χ4n) is 3.70. The molecular weight excluding hydrogens is 332 g/mol. The van der Waals surface area contributed by atoms with Crippen molar-refractivity contribution in [3.63, 3.8) is 0 Å². The van der Waals surface area contributed by atoms with Crippen molar-refractivity contribution < 1.29 is 19.4 Å². The minimum Gasteiger partial charge on any atom is -0.496 e. The quantitative estimate of drug-likeness (QED) is 0.857. The Kier molecular flexibility index (Phi) is 5.73. The Morgan fingerprint density at radius 1 is 1.15 bits per heavy atom. The standard InChI is InChI=1S/C20H24N2O4/c1-25-16-10-7-11-17(26-2)18(16)19(14-8-3-5-12-21-14)22-13-6-4-9-15(22)20(23)24/h3,5,7-8,10-12,15,19H,4,6,9,13H2,1-2H3,(H,23,24). The first kappa shape index (κ1) is 18.2. The van der Waals surface area contributed by atoms with E-state index >= 15 is 0 Å². The summed E-state index contributed by atoms with van der Waals surface area (Å²) < 4.78 is 11.2. The number of hydrogen-bond acceptors (Lipinski definition) is 5. The highest BCUT2D eigenvalue weighted by Crippen LogP contribution is 2.42. The van der Waals surface area contributed by atoms with Gasteiger partial charge in [0.25, 0.3) is 0 Å². The lowest BCUT2D eigenvalue weighted by Gasteiger charge is -2.39. The number of piperidine rings is 1. The van der Waals surface area contributed by atoms with Crippen LogP contribution in [-0.4, -0.2) is 47.8 Å². The summed E-state index contributed by atoms with van der Waals surface area (Å²) in [5.74, 6) is 0.518. The number of carboxylic acids is 1. The summed E-state index contributed by atoms with van der Waals surface area (Å²) in [7, 11) is 3.22. The Bertz CT molecular complexity index is 728. The second-order valence-corrected chi connectivity index (χ2v) is 6.32. The van der Waals surface area contributed by atoms with E-state index in [2.05, 4.69) is 4.98 Å². The Hall–Kier alpha value is -2.60. The lowest BCUT2D eigenvalue weighted by Crippen LogP contribution is -2.47. The number of ether oxygens (including phenoxy) is 2. The lowest BCUT2D eigenvalue weighted by molar-refractivity contribution is -0.145. The molecule has 1 saturated heterocycles. The molecule has 1 fully saturated rings. The molecule has 2 aromatic rings. The van der Waals surface area contributed by atoms with Crippen molar-refractivity contribution in [1.29, 1.82) is 0 Å². The lowest BCUT2D eigenvalue weighted by atomic mass is 9.93. The van der Waals surface area contributed by atoms with Crippen LogP contribution in [-0.2, 0) is 4.79 Å². The van der Waals surface area contributed by atoms with Gasteiger partial charge in [-0.15, -0.1) is 0 Å². The van der Waals surface area contributed by atoms with Crippen LogP contribution in [0, 0.1) is 0 Å². The molecule has 1 aliphatic heterocycles. The van der Waals surface area contributed by atoms with Crippen LogP contribution in [0.1, 0.15) is 36.6 Å². The van der Waals surface area contributed by atoms with Gasteiger partial charge in [0.05, 0.1) is 31.5 Å². The van der Waals surface area contributed by atoms with Crippen molar-refractivity contribution in [3.8, 4) is 11.5 Å². The number of carbonyl (C=O) groups is 1. The summed E-state index contributed by atoms with van der Waals surface area (Å²) in [6, 6.07) is 10.4. The number of rotatable bonds is 6. The molecule has 2 heterocycles. The Morgan fingerprint density at radius 3 is 2.46 bits per heavy atom. The maximum atomic E-state index is 11.9. The van der Waals surface area contributed by atoms with Gasteiger partial charge in [0.1, 0.15) is 17.5 Å². The monoisotopic (exact) mass is 356 g/mol. The summed E-state index contributed by atoms with van der Waals surface area (Å²) >= 11 is 0. The van der Waals surface area contributed by atoms with Crippen LogP contribution in [0.25, 0.3) is 0 Å². The van der Waals surface area contributed by atoms with Gasteiger partial charge in [-0.2, -0.15) is 0 Å². The highest BCUT2D eigenvalue weighted by atomic mass is 16.5. The molecule has 26 heavy (non-hydrogen) atoms. The summed E-state index contributed by atoms with van der Waals surface area (Å²) in [5, 5.41) is 9.78. The van der Waals surface area contributed by atoms with E-state index in [4.69, 9.17) is 9.47 Å². The van der Waals surface area contributed by atoms with Crippen molar-refractivity contribution in [2.45, 2.75) is 31.3 Å². The van der Waals surface area contributed by atoms with Gasteiger partial charge in [0.2, 0.25) is 0 Å². The molecule has 6 heteroatoms. The van der Waals surface area contributed by atoms with Gasteiger partial charge < -0.3 is 14.6 Å². The van der Waals surface area contributed by atoms with E-state index in [9.17, 15) is 9.90 Å². The summed E-state index contributed by atoms with van der Waals surface area (Å²) in [6.07, 6.45) is 4.20. The van der Waals surface area contributed by atoms with Crippen LogP contribution in [0.4, 0.5) is 0 Å². The summed E-state index contributed by atoms with van der Waals surface area (Å²) in [4.78, 5) is 18.5. The average molecular weight is 356 g/mol. The molecule has 0 radical (unpaired) electrons. The molecule has 138 valence electrons. The molecule has 2 atom stereocenters. The predicted octanol–water partition coefficient (Wildman–Crippen LogP) is 3.13. The number of aromatic nitrogens is 1. The zero-order valence-corrected chi connectivity index (χ0v) is 15.1. The van der Waals surface area contributed by atoms with Crippen LogP contribution in [0.2, 0.25) is 0 Å². The molecule has 2 unspecified atom stereocenters. The molecule has 0 saturated carbocycles. The van der Waals surface area contributed by atoms with Crippen molar-refractivity contribution in [2.75, 3.05) is 20.8 Å². The molecule has 0 aliphatic carbocycles. The molecule has 0 spiro atoms. The fraction of sp³-hybridized carbons (Fsp3) is 0.400. The van der Waals surface area contributed by atoms with Gasteiger partial charge in [-0.1, -0.05) is 18.6 Å². The maximum absolute atomic E-state index is 11.9. The highest BCUT2D eigenvalue weighted by molar-refractivity contribution is 5.74. The Balaban J connectivity index is 2.18. The number of carboxylic acid groups (broad SMARTS) is 1. The number of benzene rings is 1. The SMILES string of the molecule is COc1cccc(OC)c1C(c1ccccn1)N1CCCCC1C(=O)O. The maximum Gasteiger partial charge on any atom is 0.320 e. The largest absolute Gasteiger partial charge is 0.496 e. The summed E-state index contributed by atoms with van der Waals surface area (Å²) in [5.41, 5.74) is 1.59. The second-order valence-electron chi connectivity index (χ2n) is 6.32. The molecule has 1 aromatic carbocycles. The van der Waals surface area contributed by atoms with Crippen LogP contribution in [0.15, 0.2) is 42.6 Å². The van der Waals surface area contributed by atoms with E-state index in [0.717, 1.165) is 24.1 Å². The normalized spacial score (nSPS) is 18.9. The molecule has 0 bridgehead atoms. The smallest absolute Gasteiger partial charge is 0.320 e. The molecule has 1 N–H and O–H groups in total. The third kappa shape index (κ3) is 3.51. The van der Waals surface area contributed by atoms with Crippen molar-refractivity contribution >= 4 is 5.97 Å². The minimum absolute atomic E-state index is 0.358. The molecule has 1 aliphatic rings. The zero-order valence-electron chi connectivity index (χ0n) is 15.1. The van der Waals surface area contributed by atoms with Gasteiger partial charge in [-0.05, 0) is 43.7 Å². The first-order valence-corrected chi connectivity index (χ1v) is 8.77. The zero-order chi connectivity index (χ0) is 18.5. The van der Waals surface area contributed by atoms with Gasteiger partial charge in [-0.3, -0.25) is 14.7 Å². The van der Waals surface area contributed by atoms with Crippen molar-refractivity contribution in [1.82, 2.24) is 9.88 Å². The van der Waals surface area contributed by atoms with Gasteiger partial charge in [-0.25, -0.2) is 0 Å². The third-order valence-corrected chi connectivity index (χ3v) is 4.87. The van der Waals surface area contributed by atoms with E-state index in [1.807, 2.05) is 41.3 Å². The Labute approximate surface area is 153 Å². The second kappa shape index (κ2) is 8.19. The number of methoxy groups -OCH3 is 2. The van der Waals surface area contributed by atoms with Gasteiger partial charge in [0.15, 0.2) is 0 Å². The number of hydrogen-bond donors (Lipinski definition) is 1. The van der Waals surface area contributed by atoms with E-state index < -0.39 is 12.0 Å². The number of likely N-dealkylation sites (tertiary alicyclic amines) is 1. The van der Waals surface area contributed by atoms with Gasteiger partial charge >= 0.3 is 5.97 Å². The van der Waals surface area contributed by atoms with E-state index in [1.54, 1.807) is 20.4 Å². The molecular formula is C20H24N2O4. The van der Waals surface area contributed by atoms with Crippen LogP contribution in [0.5, 0.6) is 11.5 Å². The number of aliphatic carboxylic acids is 1. The first-order chi connectivity index (χ1) is 12.7. The predicted molar refractivity (Wildman–Crippen MR) is 97.6 cm³/mol.